The summed E-state index contributed by atoms with van der Waals surface area (Å²) in [4.78, 5) is 12.9. The second-order valence-electron chi connectivity index (χ2n) is 6.90. The molecule has 18 heavy (non-hydrogen) atoms. The van der Waals surface area contributed by atoms with Gasteiger partial charge < -0.3 is 0 Å². The lowest BCUT2D eigenvalue weighted by Crippen LogP contribution is -2.33. The average Bonchev–Trinajstić information content (AvgIpc) is 2.62. The van der Waals surface area contributed by atoms with Crippen LogP contribution in [0.3, 0.4) is 0 Å². The van der Waals surface area contributed by atoms with Crippen molar-refractivity contribution in [3.05, 3.63) is 35.4 Å². The first-order valence-corrected chi connectivity index (χ1v) is 6.99. The zero-order chi connectivity index (χ0) is 13.1. The molecule has 3 atom stereocenters. The van der Waals surface area contributed by atoms with Crippen molar-refractivity contribution < 1.29 is 4.79 Å². The highest BCUT2D eigenvalue weighted by molar-refractivity contribution is 5.95. The molecule has 96 valence electrons. The fourth-order valence-electron chi connectivity index (χ4n) is 4.38. The molecule has 0 N–H and O–H groups in total. The van der Waals surface area contributed by atoms with Crippen LogP contribution >= 0.6 is 0 Å². The van der Waals surface area contributed by atoms with Crippen LogP contribution in [0.25, 0.3) is 0 Å². The van der Waals surface area contributed by atoms with Crippen molar-refractivity contribution in [1.29, 1.82) is 0 Å². The van der Waals surface area contributed by atoms with Crippen molar-refractivity contribution in [1.82, 2.24) is 0 Å². The van der Waals surface area contributed by atoms with E-state index in [4.69, 9.17) is 0 Å². The average molecular weight is 242 g/mol. The van der Waals surface area contributed by atoms with Crippen molar-refractivity contribution in [2.75, 3.05) is 0 Å². The Bertz CT molecular complexity index is 514. The Morgan fingerprint density at radius 3 is 2.39 bits per heavy atom. The van der Waals surface area contributed by atoms with E-state index < -0.39 is 0 Å². The molecule has 1 aromatic carbocycles. The smallest absolute Gasteiger partial charge is 0.147 e. The number of aryl methyl sites for hydroxylation is 1. The molecule has 2 bridgehead atoms. The van der Waals surface area contributed by atoms with E-state index in [2.05, 4.69) is 52.0 Å². The maximum atomic E-state index is 12.9. The minimum absolute atomic E-state index is 0.107. The molecule has 1 aromatic rings. The molecule has 1 heteroatoms. The zero-order valence-electron chi connectivity index (χ0n) is 11.8. The maximum Gasteiger partial charge on any atom is 0.147 e. The summed E-state index contributed by atoms with van der Waals surface area (Å²) < 4.78 is 0. The number of carbonyl (C=O) groups excluding carboxylic acids is 1. The summed E-state index contributed by atoms with van der Waals surface area (Å²) in [7, 11) is 0. The van der Waals surface area contributed by atoms with Gasteiger partial charge in [0.05, 0.1) is 0 Å². The van der Waals surface area contributed by atoms with Gasteiger partial charge in [-0.3, -0.25) is 4.79 Å². The Kier molecular flexibility index (Phi) is 2.30. The van der Waals surface area contributed by atoms with E-state index in [0.29, 0.717) is 11.7 Å². The summed E-state index contributed by atoms with van der Waals surface area (Å²) in [6.07, 6.45) is 2.28. The van der Waals surface area contributed by atoms with Crippen molar-refractivity contribution in [3.63, 3.8) is 0 Å². The lowest BCUT2D eigenvalue weighted by Gasteiger charge is -2.32. The molecule has 0 heterocycles. The third-order valence-electron chi connectivity index (χ3n) is 6.06. The van der Waals surface area contributed by atoms with Crippen LogP contribution in [0.1, 0.15) is 50.7 Å². The first-order chi connectivity index (χ1) is 8.39. The topological polar surface area (TPSA) is 17.1 Å². The molecule has 0 amide bonds. The summed E-state index contributed by atoms with van der Waals surface area (Å²) in [6.45, 7) is 8.90. The van der Waals surface area contributed by atoms with Crippen molar-refractivity contribution in [2.24, 2.45) is 16.7 Å². The molecular formula is C17H22O. The Balaban J connectivity index is 2.12. The first-order valence-electron chi connectivity index (χ1n) is 6.99. The molecular weight excluding hydrogens is 220 g/mol. The van der Waals surface area contributed by atoms with E-state index in [-0.39, 0.29) is 16.7 Å². The van der Waals surface area contributed by atoms with E-state index in [1.54, 1.807) is 0 Å². The van der Waals surface area contributed by atoms with E-state index in [1.807, 2.05) is 0 Å². The van der Waals surface area contributed by atoms with Crippen LogP contribution in [-0.4, -0.2) is 5.78 Å². The molecule has 2 saturated carbocycles. The lowest BCUT2D eigenvalue weighted by molar-refractivity contribution is -0.129. The summed E-state index contributed by atoms with van der Waals surface area (Å²) in [5.74, 6) is 1.15. The molecule has 3 unspecified atom stereocenters. The Morgan fingerprint density at radius 1 is 1.17 bits per heavy atom. The van der Waals surface area contributed by atoms with Crippen molar-refractivity contribution in [2.45, 2.75) is 46.5 Å². The Morgan fingerprint density at radius 2 is 1.83 bits per heavy atom. The van der Waals surface area contributed by atoms with E-state index in [0.717, 1.165) is 6.42 Å². The fourth-order valence-corrected chi connectivity index (χ4v) is 4.38. The van der Waals surface area contributed by atoms with Gasteiger partial charge in [0.15, 0.2) is 0 Å². The summed E-state index contributed by atoms with van der Waals surface area (Å²) >= 11 is 0. The van der Waals surface area contributed by atoms with Gasteiger partial charge in [0.1, 0.15) is 5.78 Å². The van der Waals surface area contributed by atoms with Gasteiger partial charge in [-0.25, -0.2) is 0 Å². The fraction of sp³-hybridized carbons (Fsp3) is 0.588. The Labute approximate surface area is 110 Å². The highest BCUT2D eigenvalue weighted by Crippen LogP contribution is 2.68. The number of hydrogen-bond acceptors (Lipinski definition) is 1. The molecule has 1 nitrogen and oxygen atoms in total. The quantitative estimate of drug-likeness (QED) is 0.724. The van der Waals surface area contributed by atoms with E-state index >= 15 is 0 Å². The maximum absolute atomic E-state index is 12.9. The summed E-state index contributed by atoms with van der Waals surface area (Å²) in [5.41, 5.74) is 2.58. The summed E-state index contributed by atoms with van der Waals surface area (Å²) in [5, 5.41) is 0. The number of carbonyl (C=O) groups is 1. The molecule has 0 aromatic heterocycles. The minimum Gasteiger partial charge on any atom is -0.298 e. The predicted molar refractivity (Wildman–Crippen MR) is 73.5 cm³/mol. The number of rotatable bonds is 1. The second-order valence-corrected chi connectivity index (χ2v) is 6.90. The van der Waals surface area contributed by atoms with Gasteiger partial charge in [0.2, 0.25) is 0 Å². The van der Waals surface area contributed by atoms with Gasteiger partial charge in [-0.15, -0.1) is 0 Å². The van der Waals surface area contributed by atoms with Crippen LogP contribution in [-0.2, 0) is 4.79 Å². The van der Waals surface area contributed by atoms with Gasteiger partial charge in [-0.05, 0) is 42.2 Å². The summed E-state index contributed by atoms with van der Waals surface area (Å²) in [6, 6.07) is 8.41. The number of fused-ring (bicyclic) bond motifs is 2. The van der Waals surface area contributed by atoms with Crippen LogP contribution in [0.2, 0.25) is 0 Å². The van der Waals surface area contributed by atoms with Crippen molar-refractivity contribution >= 4 is 5.78 Å². The number of ketones is 1. The number of hydrogen-bond donors (Lipinski definition) is 0. The zero-order valence-corrected chi connectivity index (χ0v) is 11.8. The van der Waals surface area contributed by atoms with Crippen molar-refractivity contribution in [3.8, 4) is 0 Å². The molecule has 3 rings (SSSR count). The predicted octanol–water partition coefficient (Wildman–Crippen LogP) is 4.10. The van der Waals surface area contributed by atoms with Crippen LogP contribution in [0.5, 0.6) is 0 Å². The van der Waals surface area contributed by atoms with E-state index in [1.165, 1.54) is 17.5 Å². The minimum atomic E-state index is -0.107. The molecule has 2 aliphatic rings. The largest absolute Gasteiger partial charge is 0.298 e. The molecule has 2 fully saturated rings. The number of Topliss-reactive ketones (excluding diaryl/α,β-unsaturated/α-hetero) is 1. The Hall–Kier alpha value is -1.11. The number of benzene rings is 1. The van der Waals surface area contributed by atoms with Gasteiger partial charge >= 0.3 is 0 Å². The molecule has 0 saturated heterocycles. The monoisotopic (exact) mass is 242 g/mol. The first kappa shape index (κ1) is 12.0. The van der Waals surface area contributed by atoms with Crippen LogP contribution < -0.4 is 0 Å². The van der Waals surface area contributed by atoms with E-state index in [9.17, 15) is 4.79 Å². The highest BCUT2D eigenvalue weighted by atomic mass is 16.1. The molecule has 0 spiro atoms. The normalized spacial score (nSPS) is 37.2. The third-order valence-corrected chi connectivity index (χ3v) is 6.06. The van der Waals surface area contributed by atoms with Gasteiger partial charge in [-0.1, -0.05) is 45.0 Å². The molecule has 0 radical (unpaired) electrons. The van der Waals surface area contributed by atoms with Crippen LogP contribution in [0, 0.1) is 23.7 Å². The lowest BCUT2D eigenvalue weighted by atomic mass is 9.70. The van der Waals surface area contributed by atoms with Gasteiger partial charge in [0.25, 0.3) is 0 Å². The van der Waals surface area contributed by atoms with Gasteiger partial charge in [-0.2, -0.15) is 0 Å². The SMILES string of the molecule is Cc1ccccc1C1C(=O)C2(C)CCC1C2(C)C. The third kappa shape index (κ3) is 1.20. The van der Waals surface area contributed by atoms with Crippen LogP contribution in [0.4, 0.5) is 0 Å². The molecule has 0 aliphatic heterocycles. The standard InChI is InChI=1S/C17H22O/c1-11-7-5-6-8-12(11)14-13-9-10-17(4,15(14)18)16(13,2)3/h5-8,13-14H,9-10H2,1-4H3. The second kappa shape index (κ2) is 3.46. The molecule has 2 aliphatic carbocycles. The van der Waals surface area contributed by atoms with Crippen LogP contribution in [0.15, 0.2) is 24.3 Å². The van der Waals surface area contributed by atoms with Gasteiger partial charge in [0, 0.05) is 11.3 Å². The highest BCUT2D eigenvalue weighted by Gasteiger charge is 2.66.